The highest BCUT2D eigenvalue weighted by Crippen LogP contribution is 2.45. The first-order chi connectivity index (χ1) is 6.24. The van der Waals surface area contributed by atoms with Gasteiger partial charge >= 0.3 is 0 Å². The highest BCUT2D eigenvalue weighted by atomic mass is 32.1. The van der Waals surface area contributed by atoms with Gasteiger partial charge in [-0.2, -0.15) is 0 Å². The van der Waals surface area contributed by atoms with Crippen molar-refractivity contribution < 1.29 is 9.84 Å². The van der Waals surface area contributed by atoms with Crippen molar-refractivity contribution in [1.29, 1.82) is 0 Å². The summed E-state index contributed by atoms with van der Waals surface area (Å²) in [7, 11) is 1.54. The molecule has 0 saturated heterocycles. The van der Waals surface area contributed by atoms with Gasteiger partial charge in [-0.25, -0.2) is 0 Å². The monoisotopic (exact) mass is 212 g/mol. The largest absolute Gasteiger partial charge is 0.503 e. The van der Waals surface area contributed by atoms with Crippen LogP contribution in [-0.4, -0.2) is 12.2 Å². The van der Waals surface area contributed by atoms with Crippen LogP contribution in [0.25, 0.3) is 10.1 Å². The molecule has 1 aromatic heterocycles. The van der Waals surface area contributed by atoms with Crippen LogP contribution in [0.15, 0.2) is 23.1 Å². The molecule has 68 valence electrons. The summed E-state index contributed by atoms with van der Waals surface area (Å²) in [4.78, 5) is 0.773. The number of aromatic hydroxyl groups is 1. The van der Waals surface area contributed by atoms with E-state index in [2.05, 4.69) is 12.6 Å². The minimum Gasteiger partial charge on any atom is -0.503 e. The van der Waals surface area contributed by atoms with Crippen molar-refractivity contribution in [2.24, 2.45) is 0 Å². The Hall–Kier alpha value is -0.870. The van der Waals surface area contributed by atoms with E-state index in [0.717, 1.165) is 15.0 Å². The van der Waals surface area contributed by atoms with E-state index in [0.29, 0.717) is 5.06 Å². The minimum absolute atomic E-state index is 0.188. The van der Waals surface area contributed by atoms with Gasteiger partial charge in [-0.3, -0.25) is 0 Å². The Morgan fingerprint density at radius 1 is 1.46 bits per heavy atom. The lowest BCUT2D eigenvalue weighted by molar-refractivity contribution is 0.387. The van der Waals surface area contributed by atoms with Crippen LogP contribution in [0.3, 0.4) is 0 Å². The highest BCUT2D eigenvalue weighted by Gasteiger charge is 2.12. The first-order valence-electron chi connectivity index (χ1n) is 3.71. The third kappa shape index (κ3) is 1.26. The summed E-state index contributed by atoms with van der Waals surface area (Å²) in [5, 5.41) is 11.0. The van der Waals surface area contributed by atoms with Crippen LogP contribution in [0, 0.1) is 0 Å². The second-order valence-electron chi connectivity index (χ2n) is 2.59. The third-order valence-electron chi connectivity index (χ3n) is 1.82. The Morgan fingerprint density at radius 2 is 2.23 bits per heavy atom. The molecule has 2 rings (SSSR count). The summed E-state index contributed by atoms with van der Waals surface area (Å²) in [6, 6.07) is 5.68. The van der Waals surface area contributed by atoms with Gasteiger partial charge in [-0.05, 0) is 12.1 Å². The van der Waals surface area contributed by atoms with Crippen molar-refractivity contribution in [1.82, 2.24) is 0 Å². The minimum atomic E-state index is 0.188. The lowest BCUT2D eigenvalue weighted by Crippen LogP contribution is -1.76. The number of methoxy groups -OCH3 is 1. The van der Waals surface area contributed by atoms with Gasteiger partial charge in [0.05, 0.1) is 12.5 Å². The third-order valence-corrected chi connectivity index (χ3v) is 3.30. The van der Waals surface area contributed by atoms with Gasteiger partial charge in [0.1, 0.15) is 0 Å². The Kier molecular flexibility index (Phi) is 2.09. The summed E-state index contributed by atoms with van der Waals surface area (Å²) in [6.45, 7) is 0. The summed E-state index contributed by atoms with van der Waals surface area (Å²) in [6.07, 6.45) is 0. The zero-order valence-electron chi connectivity index (χ0n) is 6.94. The number of thiophene rings is 1. The fourth-order valence-corrected chi connectivity index (χ4v) is 2.56. The van der Waals surface area contributed by atoms with Crippen molar-refractivity contribution in [3.63, 3.8) is 0 Å². The number of rotatable bonds is 1. The van der Waals surface area contributed by atoms with Gasteiger partial charge in [0.25, 0.3) is 0 Å². The normalized spacial score (nSPS) is 10.6. The quantitative estimate of drug-likeness (QED) is 0.712. The van der Waals surface area contributed by atoms with Gasteiger partial charge in [0.2, 0.25) is 5.06 Å². The van der Waals surface area contributed by atoms with Crippen molar-refractivity contribution in [2.45, 2.75) is 4.90 Å². The number of hydrogen-bond donors (Lipinski definition) is 2. The van der Waals surface area contributed by atoms with E-state index >= 15 is 0 Å². The maximum absolute atomic E-state index is 9.71. The molecule has 0 spiro atoms. The Bertz CT molecular complexity index is 448. The molecular weight excluding hydrogens is 204 g/mol. The first kappa shape index (κ1) is 8.72. The molecule has 0 fully saturated rings. The molecule has 0 unspecified atom stereocenters. The number of thiol groups is 1. The predicted octanol–water partition coefficient (Wildman–Crippen LogP) is 2.90. The van der Waals surface area contributed by atoms with Gasteiger partial charge in [0, 0.05) is 9.60 Å². The van der Waals surface area contributed by atoms with E-state index in [1.54, 1.807) is 7.11 Å². The Labute approximate surface area is 85.2 Å². The molecule has 1 N–H and O–H groups in total. The molecule has 2 nitrogen and oxygen atoms in total. The predicted molar refractivity (Wildman–Crippen MR) is 57.3 cm³/mol. The van der Waals surface area contributed by atoms with Gasteiger partial charge in [-0.1, -0.05) is 17.4 Å². The van der Waals surface area contributed by atoms with Crippen molar-refractivity contribution >= 4 is 34.1 Å². The first-order valence-corrected chi connectivity index (χ1v) is 4.98. The van der Waals surface area contributed by atoms with E-state index in [1.165, 1.54) is 11.3 Å². The van der Waals surface area contributed by atoms with E-state index in [9.17, 15) is 5.11 Å². The van der Waals surface area contributed by atoms with Crippen LogP contribution in [-0.2, 0) is 0 Å². The van der Waals surface area contributed by atoms with Crippen LogP contribution >= 0.6 is 24.0 Å². The molecule has 4 heteroatoms. The number of fused-ring (bicyclic) bond motifs is 1. The van der Waals surface area contributed by atoms with Gasteiger partial charge in [0.15, 0.2) is 5.75 Å². The molecule has 0 bridgehead atoms. The Morgan fingerprint density at radius 3 is 2.85 bits per heavy atom. The highest BCUT2D eigenvalue weighted by molar-refractivity contribution is 7.80. The summed E-state index contributed by atoms with van der Waals surface area (Å²) in [5.41, 5.74) is 0. The maximum Gasteiger partial charge on any atom is 0.217 e. The maximum atomic E-state index is 9.71. The van der Waals surface area contributed by atoms with Gasteiger partial charge in [-0.15, -0.1) is 12.6 Å². The van der Waals surface area contributed by atoms with Crippen LogP contribution in [0.4, 0.5) is 0 Å². The van der Waals surface area contributed by atoms with Crippen LogP contribution in [0.1, 0.15) is 0 Å². The van der Waals surface area contributed by atoms with E-state index in [4.69, 9.17) is 4.74 Å². The molecule has 0 aliphatic heterocycles. The zero-order chi connectivity index (χ0) is 9.42. The number of hydrogen-bond acceptors (Lipinski definition) is 4. The van der Waals surface area contributed by atoms with Crippen LogP contribution in [0.2, 0.25) is 0 Å². The number of benzene rings is 1. The van der Waals surface area contributed by atoms with Crippen molar-refractivity contribution in [3.05, 3.63) is 18.2 Å². The van der Waals surface area contributed by atoms with E-state index < -0.39 is 0 Å². The molecule has 0 radical (unpaired) electrons. The average molecular weight is 212 g/mol. The second kappa shape index (κ2) is 3.12. The number of ether oxygens (including phenoxy) is 1. The summed E-state index contributed by atoms with van der Waals surface area (Å²) in [5.74, 6) is 0.188. The SMILES string of the molecule is COc1sc2cccc(S)c2c1O. The van der Waals surface area contributed by atoms with E-state index in [-0.39, 0.29) is 5.75 Å². The van der Waals surface area contributed by atoms with Crippen molar-refractivity contribution in [3.8, 4) is 10.8 Å². The smallest absolute Gasteiger partial charge is 0.217 e. The molecular formula is C9H8O2S2. The molecule has 2 aromatic rings. The lowest BCUT2D eigenvalue weighted by atomic mass is 10.2. The lowest BCUT2D eigenvalue weighted by Gasteiger charge is -1.95. The molecule has 0 amide bonds. The fraction of sp³-hybridized carbons (Fsp3) is 0.111. The topological polar surface area (TPSA) is 29.5 Å². The molecule has 0 aliphatic carbocycles. The van der Waals surface area contributed by atoms with Crippen LogP contribution < -0.4 is 4.74 Å². The molecule has 1 aromatic carbocycles. The van der Waals surface area contributed by atoms with E-state index in [1.807, 2.05) is 18.2 Å². The van der Waals surface area contributed by atoms with Crippen molar-refractivity contribution in [2.75, 3.05) is 7.11 Å². The summed E-state index contributed by atoms with van der Waals surface area (Å²) < 4.78 is 6.01. The summed E-state index contributed by atoms with van der Waals surface area (Å²) >= 11 is 5.68. The molecule has 0 atom stereocenters. The van der Waals surface area contributed by atoms with Crippen LogP contribution in [0.5, 0.6) is 10.8 Å². The zero-order valence-corrected chi connectivity index (χ0v) is 8.65. The molecule has 0 aliphatic rings. The molecule has 0 saturated carbocycles. The molecule has 1 heterocycles. The Balaban J connectivity index is 2.85. The second-order valence-corrected chi connectivity index (χ2v) is 4.09. The van der Waals surface area contributed by atoms with Gasteiger partial charge < -0.3 is 9.84 Å². The average Bonchev–Trinajstić information content (AvgIpc) is 2.44. The standard InChI is InChI=1S/C9H8O2S2/c1-11-9-8(10)7-5(12)3-2-4-6(7)13-9/h2-4,10,12H,1H3. The molecule has 13 heavy (non-hydrogen) atoms. The fourth-order valence-electron chi connectivity index (χ4n) is 1.23.